The first-order valence-corrected chi connectivity index (χ1v) is 8.36. The van der Waals surface area contributed by atoms with E-state index in [2.05, 4.69) is 10.3 Å². The maximum Gasteiger partial charge on any atom is 0.317 e. The van der Waals surface area contributed by atoms with Gasteiger partial charge in [0.05, 0.1) is 27.3 Å². The summed E-state index contributed by atoms with van der Waals surface area (Å²) in [5.74, 6) is 0.198. The van der Waals surface area contributed by atoms with Gasteiger partial charge in [-0.3, -0.25) is 14.6 Å². The van der Waals surface area contributed by atoms with Crippen LogP contribution in [0.5, 0.6) is 11.5 Å². The lowest BCUT2D eigenvalue weighted by molar-refractivity contribution is -0.136. The van der Waals surface area contributed by atoms with Gasteiger partial charge in [-0.25, -0.2) is 0 Å². The number of aliphatic imine (C=N–C) groups is 1. The highest BCUT2D eigenvalue weighted by Gasteiger charge is 2.20. The van der Waals surface area contributed by atoms with Gasteiger partial charge in [0.1, 0.15) is 11.5 Å². The summed E-state index contributed by atoms with van der Waals surface area (Å²) in [6, 6.07) is 3.71. The number of benzene rings is 1. The topological polar surface area (TPSA) is 102 Å². The summed E-state index contributed by atoms with van der Waals surface area (Å²) in [5.41, 5.74) is 3.82. The first-order valence-electron chi connectivity index (χ1n) is 8.36. The van der Waals surface area contributed by atoms with E-state index in [1.807, 2.05) is 12.1 Å². The van der Waals surface area contributed by atoms with Gasteiger partial charge < -0.3 is 24.5 Å². The van der Waals surface area contributed by atoms with Crippen LogP contribution in [0.1, 0.15) is 16.7 Å². The van der Waals surface area contributed by atoms with Crippen molar-refractivity contribution in [1.29, 1.82) is 0 Å². The summed E-state index contributed by atoms with van der Waals surface area (Å²) in [5, 5.41) is 11.7. The van der Waals surface area contributed by atoms with Crippen LogP contribution in [0.25, 0.3) is 11.1 Å². The minimum atomic E-state index is -0.940. The number of hydrogen-bond acceptors (Lipinski definition) is 6. The molecule has 3 rings (SSSR count). The fourth-order valence-corrected chi connectivity index (χ4v) is 3.18. The van der Waals surface area contributed by atoms with Crippen LogP contribution in [0.2, 0.25) is 0 Å². The molecular weight excluding hydrogens is 350 g/mol. The van der Waals surface area contributed by atoms with E-state index in [1.165, 1.54) is 0 Å². The molecule has 1 aliphatic rings. The van der Waals surface area contributed by atoms with Crippen LogP contribution in [-0.2, 0) is 24.9 Å². The third kappa shape index (κ3) is 3.56. The van der Waals surface area contributed by atoms with Gasteiger partial charge in [0, 0.05) is 48.3 Å². The molecule has 142 valence electrons. The highest BCUT2D eigenvalue weighted by Crippen LogP contribution is 2.36. The summed E-state index contributed by atoms with van der Waals surface area (Å²) in [6.45, 7) is 0.492. The van der Waals surface area contributed by atoms with Gasteiger partial charge in [-0.05, 0) is 17.7 Å². The number of fused-ring (bicyclic) bond motifs is 1. The number of rotatable bonds is 7. The van der Waals surface area contributed by atoms with Crippen molar-refractivity contribution in [1.82, 2.24) is 9.88 Å². The third-order valence-corrected chi connectivity index (χ3v) is 4.48. The maximum absolute atomic E-state index is 12.3. The third-order valence-electron chi connectivity index (χ3n) is 4.48. The fraction of sp³-hybridized carbons (Fsp3) is 0.316. The van der Waals surface area contributed by atoms with Crippen molar-refractivity contribution in [3.8, 4) is 22.6 Å². The van der Waals surface area contributed by atoms with Crippen molar-refractivity contribution in [2.45, 2.75) is 13.1 Å². The summed E-state index contributed by atoms with van der Waals surface area (Å²) in [4.78, 5) is 27.3. The molecule has 2 N–H and O–H groups in total. The van der Waals surface area contributed by atoms with Crippen molar-refractivity contribution in [3.05, 3.63) is 45.4 Å². The van der Waals surface area contributed by atoms with Gasteiger partial charge >= 0.3 is 5.97 Å². The molecular formula is C19H21N3O5. The lowest BCUT2D eigenvalue weighted by atomic mass is 9.97. The molecule has 0 atom stereocenters. The van der Waals surface area contributed by atoms with Gasteiger partial charge in [-0.2, -0.15) is 0 Å². The molecule has 0 amide bonds. The molecule has 8 nitrogen and oxygen atoms in total. The van der Waals surface area contributed by atoms with E-state index in [9.17, 15) is 9.59 Å². The second-order valence-corrected chi connectivity index (χ2v) is 6.18. The number of aryl methyl sites for hydroxylation is 1. The highest BCUT2D eigenvalue weighted by molar-refractivity contribution is 5.94. The quantitative estimate of drug-likeness (QED) is 0.758. The maximum atomic E-state index is 12.3. The molecule has 27 heavy (non-hydrogen) atoms. The summed E-state index contributed by atoms with van der Waals surface area (Å²) < 4.78 is 12.6. The molecule has 0 radical (unpaired) electrons. The van der Waals surface area contributed by atoms with Crippen molar-refractivity contribution in [2.75, 3.05) is 20.8 Å². The Labute approximate surface area is 156 Å². The molecule has 1 aliphatic heterocycles. The first-order chi connectivity index (χ1) is 13.0. The predicted octanol–water partition coefficient (Wildman–Crippen LogP) is 1.18. The van der Waals surface area contributed by atoms with E-state index in [0.29, 0.717) is 23.6 Å². The van der Waals surface area contributed by atoms with Crippen LogP contribution in [0.15, 0.2) is 28.1 Å². The van der Waals surface area contributed by atoms with Gasteiger partial charge in [-0.1, -0.05) is 0 Å². The zero-order valence-corrected chi connectivity index (χ0v) is 15.4. The van der Waals surface area contributed by atoms with Crippen LogP contribution in [0.3, 0.4) is 0 Å². The number of carboxylic acid groups (broad SMARTS) is 1. The van der Waals surface area contributed by atoms with Crippen LogP contribution in [0, 0.1) is 0 Å². The number of carbonyl (C=O) groups is 1. The molecule has 0 fully saturated rings. The SMILES string of the molecule is COc1cc(-c2cn(C)c(=O)c3c2C=NC3)cc(OC)c1CNCC(=O)O. The molecule has 0 spiro atoms. The number of hydrogen-bond donors (Lipinski definition) is 2. The van der Waals surface area contributed by atoms with Crippen molar-refractivity contribution in [2.24, 2.45) is 12.0 Å². The zero-order chi connectivity index (χ0) is 19.6. The van der Waals surface area contributed by atoms with E-state index < -0.39 is 5.97 Å². The monoisotopic (exact) mass is 371 g/mol. The Kier molecular flexibility index (Phi) is 5.27. The van der Waals surface area contributed by atoms with Crippen molar-refractivity contribution in [3.63, 3.8) is 0 Å². The summed E-state index contributed by atoms with van der Waals surface area (Å²) in [7, 11) is 4.81. The molecule has 0 aliphatic carbocycles. The number of aliphatic carboxylic acids is 1. The predicted molar refractivity (Wildman–Crippen MR) is 101 cm³/mol. The average molecular weight is 371 g/mol. The Balaban J connectivity index is 2.09. The normalized spacial score (nSPS) is 12.1. The lowest BCUT2D eigenvalue weighted by Gasteiger charge is -2.17. The molecule has 2 aromatic rings. The molecule has 0 saturated heterocycles. The van der Waals surface area contributed by atoms with Crippen LogP contribution < -0.4 is 20.3 Å². The lowest BCUT2D eigenvalue weighted by Crippen LogP contribution is -2.22. The van der Waals surface area contributed by atoms with E-state index >= 15 is 0 Å². The Morgan fingerprint density at radius 3 is 2.56 bits per heavy atom. The minimum absolute atomic E-state index is 0.0559. The van der Waals surface area contributed by atoms with Gasteiger partial charge in [0.2, 0.25) is 0 Å². The Morgan fingerprint density at radius 2 is 1.96 bits per heavy atom. The highest BCUT2D eigenvalue weighted by atomic mass is 16.5. The van der Waals surface area contributed by atoms with Crippen LogP contribution in [-0.4, -0.2) is 42.6 Å². The summed E-state index contributed by atoms with van der Waals surface area (Å²) in [6.07, 6.45) is 3.49. The number of aromatic nitrogens is 1. The molecule has 2 heterocycles. The molecule has 8 heteroatoms. The minimum Gasteiger partial charge on any atom is -0.496 e. The number of ether oxygens (including phenoxy) is 2. The fourth-order valence-electron chi connectivity index (χ4n) is 3.18. The van der Waals surface area contributed by atoms with Crippen LogP contribution in [0.4, 0.5) is 0 Å². The largest absolute Gasteiger partial charge is 0.496 e. The smallest absolute Gasteiger partial charge is 0.317 e. The van der Waals surface area contributed by atoms with Crippen LogP contribution >= 0.6 is 0 Å². The number of methoxy groups -OCH3 is 2. The average Bonchev–Trinajstić information content (AvgIpc) is 3.14. The van der Waals surface area contributed by atoms with E-state index in [4.69, 9.17) is 14.6 Å². The second-order valence-electron chi connectivity index (χ2n) is 6.18. The first kappa shape index (κ1) is 18.7. The standard InChI is InChI=1S/C19H21N3O5/c1-22-10-15(12-6-20-7-13(12)19(22)25)11-4-16(26-2)14(17(5-11)27-3)8-21-9-18(23)24/h4-6,10,21H,7-9H2,1-3H3,(H,23,24). The van der Waals surface area contributed by atoms with Gasteiger partial charge in [0.25, 0.3) is 5.56 Å². The molecule has 0 unspecified atom stereocenters. The van der Waals surface area contributed by atoms with E-state index in [0.717, 1.165) is 22.3 Å². The molecule has 0 bridgehead atoms. The molecule has 0 saturated carbocycles. The Morgan fingerprint density at radius 1 is 1.30 bits per heavy atom. The van der Waals surface area contributed by atoms with Crippen molar-refractivity contribution >= 4 is 12.2 Å². The number of carboxylic acids is 1. The molecule has 1 aromatic heterocycles. The number of nitrogens with one attached hydrogen (secondary N) is 1. The van der Waals surface area contributed by atoms with Gasteiger partial charge in [0.15, 0.2) is 0 Å². The number of nitrogens with zero attached hydrogens (tertiary/aromatic N) is 2. The Bertz CT molecular complexity index is 953. The number of pyridine rings is 1. The molecule has 1 aromatic carbocycles. The van der Waals surface area contributed by atoms with E-state index in [1.54, 1.807) is 38.2 Å². The zero-order valence-electron chi connectivity index (χ0n) is 15.4. The van der Waals surface area contributed by atoms with E-state index in [-0.39, 0.29) is 18.6 Å². The summed E-state index contributed by atoms with van der Waals surface area (Å²) >= 11 is 0. The van der Waals surface area contributed by atoms with Gasteiger partial charge in [-0.15, -0.1) is 0 Å². The Hall–Kier alpha value is -3.13. The second kappa shape index (κ2) is 7.63. The van der Waals surface area contributed by atoms with Crippen molar-refractivity contribution < 1.29 is 19.4 Å².